The first-order chi connectivity index (χ1) is 28.1. The van der Waals surface area contributed by atoms with Gasteiger partial charge in [-0.1, -0.05) is 103 Å². The van der Waals surface area contributed by atoms with Crippen LogP contribution >= 0.6 is 0 Å². The molecule has 9 rings (SSSR count). The number of carbonyl (C=O) groups excluding carboxylic acids is 1. The molecule has 2 aromatic heterocycles. The van der Waals surface area contributed by atoms with Crippen LogP contribution < -0.4 is 20.4 Å². The van der Waals surface area contributed by atoms with Crippen molar-refractivity contribution in [1.29, 1.82) is 0 Å². The van der Waals surface area contributed by atoms with Crippen molar-refractivity contribution >= 4 is 41.4 Å². The maximum Gasteiger partial charge on any atom is 0.279 e. The number of carbonyl (C=O) groups is 1. The Kier molecular flexibility index (Phi) is 9.50. The summed E-state index contributed by atoms with van der Waals surface area (Å²) in [6.07, 6.45) is 2.12. The van der Waals surface area contributed by atoms with Crippen molar-refractivity contribution in [2.75, 3.05) is 18.6 Å². The van der Waals surface area contributed by atoms with Crippen LogP contribution in [-0.4, -0.2) is 63.7 Å². The highest BCUT2D eigenvalue weighted by atomic mass is 28.3. The number of aliphatic hydroxyl groups excluding tert-OH is 1. The molecule has 5 aromatic carbocycles. The number of rotatable bonds is 11. The van der Waals surface area contributed by atoms with E-state index in [1.165, 1.54) is 5.19 Å². The minimum Gasteiger partial charge on any atom is -0.497 e. The summed E-state index contributed by atoms with van der Waals surface area (Å²) in [5.41, 5.74) is 3.68. The van der Waals surface area contributed by atoms with Crippen LogP contribution in [0.25, 0.3) is 16.6 Å². The van der Waals surface area contributed by atoms with Crippen molar-refractivity contribution in [2.24, 2.45) is 5.92 Å². The van der Waals surface area contributed by atoms with Crippen LogP contribution in [0.5, 0.6) is 5.75 Å². The van der Waals surface area contributed by atoms with Gasteiger partial charge in [-0.25, -0.2) is 4.68 Å². The van der Waals surface area contributed by atoms with Gasteiger partial charge >= 0.3 is 0 Å². The Morgan fingerprint density at radius 3 is 2.31 bits per heavy atom. The molecule has 1 spiro atoms. The molecule has 0 bridgehead atoms. The lowest BCUT2D eigenvalue weighted by Gasteiger charge is -2.37. The van der Waals surface area contributed by atoms with Crippen LogP contribution in [0, 0.1) is 5.92 Å². The fourth-order valence-corrected chi connectivity index (χ4v) is 13.7. The van der Waals surface area contributed by atoms with Crippen molar-refractivity contribution in [3.05, 3.63) is 161 Å². The summed E-state index contributed by atoms with van der Waals surface area (Å²) in [6.45, 7) is 7.29. The van der Waals surface area contributed by atoms with Gasteiger partial charge < -0.3 is 14.6 Å². The van der Waals surface area contributed by atoms with Crippen LogP contribution in [0.1, 0.15) is 36.1 Å². The van der Waals surface area contributed by atoms with E-state index in [9.17, 15) is 9.90 Å². The maximum absolute atomic E-state index is 15.5. The summed E-state index contributed by atoms with van der Waals surface area (Å²) in [5, 5.41) is 24.4. The Bertz CT molecular complexity index is 2660. The lowest BCUT2D eigenvalue weighted by atomic mass is 9.82. The molecule has 294 valence electrons. The van der Waals surface area contributed by atoms with E-state index in [1.807, 2.05) is 126 Å². The van der Waals surface area contributed by atoms with Crippen molar-refractivity contribution in [3.63, 3.8) is 0 Å². The number of nitrogens with one attached hydrogen (secondary N) is 1. The quantitative estimate of drug-likeness (QED) is 0.135. The third-order valence-corrected chi connectivity index (χ3v) is 16.9. The largest absolute Gasteiger partial charge is 0.497 e. The number of aromatic amines is 1. The molecule has 2 N–H and O–H groups in total. The van der Waals surface area contributed by atoms with Gasteiger partial charge in [0.1, 0.15) is 5.75 Å². The van der Waals surface area contributed by atoms with Crippen LogP contribution in [0.3, 0.4) is 0 Å². The highest BCUT2D eigenvalue weighted by molar-refractivity contribution is 6.91. The van der Waals surface area contributed by atoms with Crippen molar-refractivity contribution < 1.29 is 19.4 Å². The molecule has 0 radical (unpaired) electrons. The Labute approximate surface area is 337 Å². The molecule has 11 nitrogen and oxygen atoms in total. The van der Waals surface area contributed by atoms with E-state index in [0.29, 0.717) is 29.7 Å². The number of anilines is 2. The van der Waals surface area contributed by atoms with Crippen LogP contribution in [-0.2, 0) is 21.7 Å². The number of nitrogens with zero attached hydrogens (tertiary/aromatic N) is 5. The number of fused-ring (bicyclic) bond motifs is 3. The Morgan fingerprint density at radius 1 is 0.897 bits per heavy atom. The number of benzene rings is 5. The first kappa shape index (κ1) is 37.5. The second kappa shape index (κ2) is 14.7. The zero-order valence-electron chi connectivity index (χ0n) is 32.9. The van der Waals surface area contributed by atoms with Gasteiger partial charge in [0, 0.05) is 29.9 Å². The van der Waals surface area contributed by atoms with E-state index in [2.05, 4.69) is 47.6 Å². The summed E-state index contributed by atoms with van der Waals surface area (Å²) in [4.78, 5) is 31.0. The van der Waals surface area contributed by atoms with E-state index in [4.69, 9.17) is 9.47 Å². The summed E-state index contributed by atoms with van der Waals surface area (Å²) >= 11 is 0. The molecule has 1 unspecified atom stereocenters. The van der Waals surface area contributed by atoms with E-state index in [-0.39, 0.29) is 41.6 Å². The Morgan fingerprint density at radius 2 is 1.60 bits per heavy atom. The highest BCUT2D eigenvalue weighted by Crippen LogP contribution is 2.61. The van der Waals surface area contributed by atoms with Gasteiger partial charge in [-0.3, -0.25) is 24.3 Å². The molecule has 58 heavy (non-hydrogen) atoms. The third-order valence-electron chi connectivity index (χ3n) is 12.5. The summed E-state index contributed by atoms with van der Waals surface area (Å²) in [5.74, 6) is 0.0740. The molecule has 2 aliphatic rings. The van der Waals surface area contributed by atoms with Crippen LogP contribution in [0.15, 0.2) is 138 Å². The van der Waals surface area contributed by atoms with Crippen molar-refractivity contribution in [2.45, 2.75) is 56.1 Å². The molecule has 0 aliphatic carbocycles. The molecule has 1 fully saturated rings. The van der Waals surface area contributed by atoms with Gasteiger partial charge in [-0.05, 0) is 72.1 Å². The molecule has 12 heteroatoms. The van der Waals surface area contributed by atoms with Gasteiger partial charge in [0.15, 0.2) is 5.60 Å². The monoisotopic (exact) mass is 790 g/mol. The lowest BCUT2D eigenvalue weighted by Crippen LogP contribution is -2.51. The SMILES string of the molecule is COc1ccc([Si](C)(C)[C@H]2[C@H](CCn3cc(C(CO)c4ccccc4)nn3)O[C@@]3(C(=O)N(c4ccccc4)c4ccc(-n5[nH]c6ccccc6c5=O)cc43)[C@@H]2C)cc1. The standard InChI is InChI=1S/C46H46N6O5Si/c1-30-43(58(3,4)35-22-20-34(56-2)21-23-35)42(25-26-50-28-40(47-49-50)37(29-53)31-13-7-5-8-14-31)57-46(30)38-27-33(52-44(54)36-17-11-12-18-39(36)48-52)19-24-41(38)51(45(46)55)32-15-9-6-10-16-32/h5-24,27-28,30,37,42-43,48,53H,25-26,29H2,1-4H3/t30-,37?,42+,43-,46+/m1/s1. The molecule has 4 heterocycles. The summed E-state index contributed by atoms with van der Waals surface area (Å²) in [6, 6.07) is 41.1. The fourth-order valence-electron chi connectivity index (χ4n) is 9.61. The van der Waals surface area contributed by atoms with Gasteiger partial charge in [-0.2, -0.15) is 0 Å². The first-order valence-electron chi connectivity index (χ1n) is 19.8. The van der Waals surface area contributed by atoms with E-state index < -0.39 is 13.7 Å². The zero-order valence-corrected chi connectivity index (χ0v) is 33.9. The third kappa shape index (κ3) is 6.02. The van der Waals surface area contributed by atoms with Gasteiger partial charge in [0.2, 0.25) is 0 Å². The average molecular weight is 791 g/mol. The predicted octanol–water partition coefficient (Wildman–Crippen LogP) is 7.03. The Hall–Kier alpha value is -6.08. The molecule has 1 amide bonds. The molecular formula is C46H46N6O5Si. The number of methoxy groups -OCH3 is 1. The van der Waals surface area contributed by atoms with Crippen molar-refractivity contribution in [1.82, 2.24) is 24.8 Å². The number of aryl methyl sites for hydroxylation is 1. The highest BCUT2D eigenvalue weighted by Gasteiger charge is 2.66. The number of aliphatic hydroxyl groups is 1. The average Bonchev–Trinajstić information content (AvgIpc) is 4.00. The molecule has 1 saturated heterocycles. The van der Waals surface area contributed by atoms with Gasteiger partial charge in [0.25, 0.3) is 11.5 Å². The summed E-state index contributed by atoms with van der Waals surface area (Å²) in [7, 11) is -0.786. The predicted molar refractivity (Wildman–Crippen MR) is 227 cm³/mol. The minimum absolute atomic E-state index is 0.0228. The maximum atomic E-state index is 15.5. The number of hydrogen-bond donors (Lipinski definition) is 2. The molecule has 0 saturated carbocycles. The van der Waals surface area contributed by atoms with E-state index in [0.717, 1.165) is 33.8 Å². The number of hydrogen-bond acceptors (Lipinski definition) is 7. The van der Waals surface area contributed by atoms with Gasteiger partial charge in [-0.15, -0.1) is 5.10 Å². The van der Waals surface area contributed by atoms with Crippen LogP contribution in [0.2, 0.25) is 18.6 Å². The minimum atomic E-state index is -2.45. The molecule has 5 atom stereocenters. The topological polar surface area (TPSA) is 127 Å². The first-order valence-corrected chi connectivity index (χ1v) is 22.9. The van der Waals surface area contributed by atoms with Crippen LogP contribution in [0.4, 0.5) is 11.4 Å². The van der Waals surface area contributed by atoms with Gasteiger partial charge in [0.05, 0.1) is 61.8 Å². The summed E-state index contributed by atoms with van der Waals surface area (Å²) < 4.78 is 16.3. The lowest BCUT2D eigenvalue weighted by molar-refractivity contribution is -0.145. The fraction of sp³-hybridized carbons (Fsp3) is 0.261. The molecular weight excluding hydrogens is 745 g/mol. The molecule has 2 aliphatic heterocycles. The normalized spacial score (nSPS) is 20.9. The van der Waals surface area contributed by atoms with Crippen molar-refractivity contribution in [3.8, 4) is 11.4 Å². The molecule has 7 aromatic rings. The number of aromatic nitrogens is 5. The number of para-hydroxylation sites is 2. The number of ether oxygens (including phenoxy) is 2. The van der Waals surface area contributed by atoms with E-state index in [1.54, 1.807) is 16.7 Å². The smallest absolute Gasteiger partial charge is 0.279 e. The second-order valence-electron chi connectivity index (χ2n) is 16.0. The Balaban J connectivity index is 1.15. The van der Waals surface area contributed by atoms with E-state index >= 15 is 4.79 Å². The number of amides is 1. The zero-order chi connectivity index (χ0) is 40.2. The number of H-pyrrole nitrogens is 1. The second-order valence-corrected chi connectivity index (χ2v) is 20.7.